The van der Waals surface area contributed by atoms with Crippen LogP contribution in [0.1, 0.15) is 22.2 Å². The van der Waals surface area contributed by atoms with Gasteiger partial charge < -0.3 is 9.47 Å². The lowest BCUT2D eigenvalue weighted by Gasteiger charge is -2.07. The monoisotopic (exact) mass is 277 g/mol. The first-order chi connectivity index (χ1) is 9.17. The number of carbonyl (C=O) groups excluding carboxylic acids is 1. The summed E-state index contributed by atoms with van der Waals surface area (Å²) >= 11 is 1.38. The molecule has 2 aromatic rings. The van der Waals surface area contributed by atoms with Crippen molar-refractivity contribution >= 4 is 17.3 Å². The number of aromatic nitrogens is 1. The van der Waals surface area contributed by atoms with E-state index in [2.05, 4.69) is 4.98 Å². The van der Waals surface area contributed by atoms with Gasteiger partial charge in [0.25, 0.3) is 0 Å². The topological polar surface area (TPSA) is 48.4 Å². The van der Waals surface area contributed by atoms with Gasteiger partial charge in [0.2, 0.25) is 0 Å². The third-order valence-electron chi connectivity index (χ3n) is 2.66. The second kappa shape index (κ2) is 5.84. The number of pyridine rings is 1. The van der Waals surface area contributed by atoms with Crippen molar-refractivity contribution in [3.63, 3.8) is 0 Å². The largest absolute Gasteiger partial charge is 0.492 e. The van der Waals surface area contributed by atoms with Crippen LogP contribution in [0.3, 0.4) is 0 Å². The first-order valence-electron chi connectivity index (χ1n) is 5.92. The van der Waals surface area contributed by atoms with Crippen molar-refractivity contribution in [1.82, 2.24) is 4.98 Å². The summed E-state index contributed by atoms with van der Waals surface area (Å²) in [6.45, 7) is 4.46. The van der Waals surface area contributed by atoms with Crippen molar-refractivity contribution in [3.8, 4) is 16.9 Å². The van der Waals surface area contributed by atoms with E-state index in [1.807, 2.05) is 25.3 Å². The molecule has 2 rings (SSSR count). The van der Waals surface area contributed by atoms with Crippen LogP contribution in [0, 0.1) is 6.92 Å². The molecule has 0 unspecified atom stereocenters. The van der Waals surface area contributed by atoms with E-state index in [1.165, 1.54) is 18.4 Å². The number of aryl methyl sites for hydroxylation is 1. The summed E-state index contributed by atoms with van der Waals surface area (Å²) in [7, 11) is 1.38. The number of esters is 1. The van der Waals surface area contributed by atoms with Gasteiger partial charge in [0.1, 0.15) is 10.6 Å². The molecule has 0 aliphatic carbocycles. The highest BCUT2D eigenvalue weighted by Gasteiger charge is 2.18. The van der Waals surface area contributed by atoms with Crippen LogP contribution in [0.5, 0.6) is 5.75 Å². The Morgan fingerprint density at radius 1 is 1.42 bits per heavy atom. The molecule has 100 valence electrons. The molecule has 5 heteroatoms. The number of carbonyl (C=O) groups is 1. The molecule has 0 spiro atoms. The minimum absolute atomic E-state index is 0.324. The van der Waals surface area contributed by atoms with E-state index < -0.39 is 0 Å². The van der Waals surface area contributed by atoms with Crippen molar-refractivity contribution in [1.29, 1.82) is 0 Å². The van der Waals surface area contributed by atoms with Gasteiger partial charge >= 0.3 is 5.97 Å². The van der Waals surface area contributed by atoms with Crippen LogP contribution in [0.2, 0.25) is 0 Å². The standard InChI is InChI=1S/C14H15NO3S/c1-4-18-11-5-10(6-15-7-11)12-9(2)8-19-13(12)14(16)17-3/h5-8H,4H2,1-3H3. The lowest BCUT2D eigenvalue weighted by atomic mass is 10.0. The number of rotatable bonds is 4. The average Bonchev–Trinajstić information content (AvgIpc) is 2.80. The van der Waals surface area contributed by atoms with Gasteiger partial charge in [-0.25, -0.2) is 4.79 Å². The highest BCUT2D eigenvalue weighted by Crippen LogP contribution is 2.34. The summed E-state index contributed by atoms with van der Waals surface area (Å²) in [6, 6.07) is 1.89. The van der Waals surface area contributed by atoms with Gasteiger partial charge in [0.05, 0.1) is 19.9 Å². The summed E-state index contributed by atoms with van der Waals surface area (Å²) in [5, 5.41) is 1.94. The zero-order chi connectivity index (χ0) is 13.8. The summed E-state index contributed by atoms with van der Waals surface area (Å²) < 4.78 is 10.2. The summed E-state index contributed by atoms with van der Waals surface area (Å²) in [4.78, 5) is 16.5. The lowest BCUT2D eigenvalue weighted by molar-refractivity contribution is 0.0607. The maximum absolute atomic E-state index is 11.8. The van der Waals surface area contributed by atoms with E-state index in [9.17, 15) is 4.79 Å². The maximum Gasteiger partial charge on any atom is 0.348 e. The fourth-order valence-electron chi connectivity index (χ4n) is 1.85. The van der Waals surface area contributed by atoms with Crippen molar-refractivity contribution in [3.05, 3.63) is 34.3 Å². The zero-order valence-corrected chi connectivity index (χ0v) is 11.9. The van der Waals surface area contributed by atoms with Crippen molar-refractivity contribution < 1.29 is 14.3 Å². The average molecular weight is 277 g/mol. The Labute approximate surface area is 116 Å². The molecule has 0 aliphatic heterocycles. The molecule has 2 aromatic heterocycles. The van der Waals surface area contributed by atoms with Crippen LogP contribution >= 0.6 is 11.3 Å². The van der Waals surface area contributed by atoms with Gasteiger partial charge in [-0.1, -0.05) is 0 Å². The van der Waals surface area contributed by atoms with E-state index in [-0.39, 0.29) is 5.97 Å². The Kier molecular flexibility index (Phi) is 4.16. The highest BCUT2D eigenvalue weighted by atomic mass is 32.1. The van der Waals surface area contributed by atoms with E-state index in [0.29, 0.717) is 17.2 Å². The Morgan fingerprint density at radius 3 is 2.89 bits per heavy atom. The molecule has 0 amide bonds. The number of methoxy groups -OCH3 is 1. The van der Waals surface area contributed by atoms with E-state index in [4.69, 9.17) is 9.47 Å². The molecule has 4 nitrogen and oxygen atoms in total. The smallest absolute Gasteiger partial charge is 0.348 e. The van der Waals surface area contributed by atoms with Crippen molar-refractivity contribution in [2.75, 3.05) is 13.7 Å². The predicted molar refractivity (Wildman–Crippen MR) is 74.8 cm³/mol. The number of thiophene rings is 1. The Hall–Kier alpha value is -1.88. The van der Waals surface area contributed by atoms with Gasteiger partial charge in [-0.2, -0.15) is 0 Å². The fourth-order valence-corrected chi connectivity index (χ4v) is 2.84. The van der Waals surface area contributed by atoms with Crippen LogP contribution in [-0.4, -0.2) is 24.7 Å². The highest BCUT2D eigenvalue weighted by molar-refractivity contribution is 7.12. The Bertz CT molecular complexity index is 592. The Morgan fingerprint density at radius 2 is 2.21 bits per heavy atom. The SMILES string of the molecule is CCOc1cncc(-c2c(C)csc2C(=O)OC)c1. The van der Waals surface area contributed by atoms with Crippen LogP contribution in [0.4, 0.5) is 0 Å². The summed E-state index contributed by atoms with van der Waals surface area (Å²) in [6.07, 6.45) is 3.39. The second-order valence-electron chi connectivity index (χ2n) is 3.96. The molecule has 0 aromatic carbocycles. The molecular formula is C14H15NO3S. The summed E-state index contributed by atoms with van der Waals surface area (Å²) in [5.41, 5.74) is 2.76. The number of hydrogen-bond donors (Lipinski definition) is 0. The van der Waals surface area contributed by atoms with Gasteiger partial charge in [-0.05, 0) is 30.9 Å². The summed E-state index contributed by atoms with van der Waals surface area (Å²) in [5.74, 6) is 0.372. The first-order valence-corrected chi connectivity index (χ1v) is 6.80. The quantitative estimate of drug-likeness (QED) is 0.804. The molecular weight excluding hydrogens is 262 g/mol. The van der Waals surface area contributed by atoms with Crippen LogP contribution in [-0.2, 0) is 4.74 Å². The first kappa shape index (κ1) is 13.5. The zero-order valence-electron chi connectivity index (χ0n) is 11.1. The van der Waals surface area contributed by atoms with Crippen molar-refractivity contribution in [2.45, 2.75) is 13.8 Å². The molecule has 0 bridgehead atoms. The molecule has 0 radical (unpaired) electrons. The number of ether oxygens (including phenoxy) is 2. The number of hydrogen-bond acceptors (Lipinski definition) is 5. The van der Waals surface area contributed by atoms with Gasteiger partial charge in [-0.3, -0.25) is 4.98 Å². The molecule has 0 saturated heterocycles. The third-order valence-corrected chi connectivity index (χ3v) is 3.74. The number of nitrogens with zero attached hydrogens (tertiary/aromatic N) is 1. The van der Waals surface area contributed by atoms with Crippen LogP contribution in [0.25, 0.3) is 11.1 Å². The molecule has 0 fully saturated rings. The van der Waals surface area contributed by atoms with Gasteiger partial charge in [0, 0.05) is 17.3 Å². The molecule has 19 heavy (non-hydrogen) atoms. The third kappa shape index (κ3) is 2.76. The molecule has 2 heterocycles. The van der Waals surface area contributed by atoms with E-state index in [1.54, 1.807) is 12.4 Å². The van der Waals surface area contributed by atoms with E-state index >= 15 is 0 Å². The van der Waals surface area contributed by atoms with Crippen LogP contribution < -0.4 is 4.74 Å². The fraction of sp³-hybridized carbons (Fsp3) is 0.286. The lowest BCUT2D eigenvalue weighted by Crippen LogP contribution is -2.01. The normalized spacial score (nSPS) is 10.3. The molecule has 0 aliphatic rings. The van der Waals surface area contributed by atoms with Crippen LogP contribution in [0.15, 0.2) is 23.8 Å². The minimum atomic E-state index is -0.324. The minimum Gasteiger partial charge on any atom is -0.492 e. The van der Waals surface area contributed by atoms with Gasteiger partial charge in [-0.15, -0.1) is 11.3 Å². The molecule has 0 atom stereocenters. The van der Waals surface area contributed by atoms with Crippen molar-refractivity contribution in [2.24, 2.45) is 0 Å². The maximum atomic E-state index is 11.8. The predicted octanol–water partition coefficient (Wildman–Crippen LogP) is 3.30. The Balaban J connectivity index is 2.49. The second-order valence-corrected chi connectivity index (χ2v) is 4.84. The van der Waals surface area contributed by atoms with Gasteiger partial charge in [0.15, 0.2) is 0 Å². The van der Waals surface area contributed by atoms with E-state index in [0.717, 1.165) is 16.7 Å². The molecule has 0 N–H and O–H groups in total. The molecule has 0 saturated carbocycles.